The molecule has 6 heteroatoms. The van der Waals surface area contributed by atoms with Gasteiger partial charge in [-0.05, 0) is 18.4 Å². The quantitative estimate of drug-likeness (QED) is 0.717. The number of amides is 1. The van der Waals surface area contributed by atoms with Gasteiger partial charge in [-0.25, -0.2) is 0 Å². The van der Waals surface area contributed by atoms with Crippen molar-refractivity contribution in [2.75, 3.05) is 19.7 Å². The number of esters is 1. The molecular weight excluding hydrogens is 264 g/mol. The molecule has 0 bridgehead atoms. The van der Waals surface area contributed by atoms with Crippen molar-refractivity contribution in [1.29, 1.82) is 5.26 Å². The second-order valence-corrected chi connectivity index (χ2v) is 4.68. The van der Waals surface area contributed by atoms with Crippen molar-refractivity contribution in [3.63, 3.8) is 0 Å². The summed E-state index contributed by atoms with van der Waals surface area (Å²) >= 11 is 1.35. The van der Waals surface area contributed by atoms with Gasteiger partial charge in [0.25, 0.3) is 5.91 Å². The first kappa shape index (κ1) is 15.2. The minimum absolute atomic E-state index is 0.144. The highest BCUT2D eigenvalue weighted by Gasteiger charge is 2.17. The maximum atomic E-state index is 12.2. The molecule has 5 nitrogen and oxygen atoms in total. The van der Waals surface area contributed by atoms with Crippen molar-refractivity contribution in [3.8, 4) is 6.07 Å². The molecule has 1 heterocycles. The molecule has 0 unspecified atom stereocenters. The van der Waals surface area contributed by atoms with Crippen molar-refractivity contribution in [2.45, 2.75) is 19.8 Å². The van der Waals surface area contributed by atoms with Crippen LogP contribution >= 0.6 is 11.3 Å². The van der Waals surface area contributed by atoms with E-state index in [-0.39, 0.29) is 31.3 Å². The molecule has 0 spiro atoms. The number of carbonyl (C=O) groups excluding carboxylic acids is 2. The Bertz CT molecular complexity index is 451. The topological polar surface area (TPSA) is 70.4 Å². The van der Waals surface area contributed by atoms with Crippen LogP contribution < -0.4 is 0 Å². The molecule has 0 saturated carbocycles. The fraction of sp³-hybridized carbons (Fsp3) is 0.462. The Morgan fingerprint density at radius 2 is 2.26 bits per heavy atom. The zero-order chi connectivity index (χ0) is 14.1. The molecule has 0 aliphatic carbocycles. The molecule has 0 aromatic carbocycles. The first-order valence-electron chi connectivity index (χ1n) is 6.04. The fourth-order valence-electron chi connectivity index (χ4n) is 1.52. The van der Waals surface area contributed by atoms with Crippen molar-refractivity contribution < 1.29 is 14.3 Å². The highest BCUT2D eigenvalue weighted by atomic mass is 32.1. The van der Waals surface area contributed by atoms with E-state index >= 15 is 0 Å². The van der Waals surface area contributed by atoms with Crippen LogP contribution in [0.1, 0.15) is 29.4 Å². The third kappa shape index (κ3) is 5.10. The van der Waals surface area contributed by atoms with Crippen LogP contribution in [0.3, 0.4) is 0 Å². The summed E-state index contributed by atoms with van der Waals surface area (Å²) in [4.78, 5) is 25.6. The predicted molar refractivity (Wildman–Crippen MR) is 71.7 cm³/mol. The highest BCUT2D eigenvalue weighted by Crippen LogP contribution is 2.12. The van der Waals surface area contributed by atoms with E-state index in [1.807, 2.05) is 11.4 Å². The van der Waals surface area contributed by atoms with E-state index in [9.17, 15) is 9.59 Å². The van der Waals surface area contributed by atoms with Crippen molar-refractivity contribution in [1.82, 2.24) is 4.90 Å². The summed E-state index contributed by atoms with van der Waals surface area (Å²) in [5, 5.41) is 10.4. The second kappa shape index (κ2) is 8.27. The van der Waals surface area contributed by atoms with Crippen LogP contribution in [0.4, 0.5) is 0 Å². The first-order chi connectivity index (χ1) is 9.19. The van der Waals surface area contributed by atoms with Gasteiger partial charge in [-0.2, -0.15) is 5.26 Å². The van der Waals surface area contributed by atoms with Gasteiger partial charge in [0.15, 0.2) is 0 Å². The minimum Gasteiger partial charge on any atom is -0.466 e. The lowest BCUT2D eigenvalue weighted by Gasteiger charge is -2.20. The summed E-state index contributed by atoms with van der Waals surface area (Å²) in [5.74, 6) is -0.474. The zero-order valence-corrected chi connectivity index (χ0v) is 11.6. The van der Waals surface area contributed by atoms with Crippen LogP contribution in [0.5, 0.6) is 0 Å². The summed E-state index contributed by atoms with van der Waals surface area (Å²) in [6.45, 7) is 2.67. The van der Waals surface area contributed by atoms with E-state index in [1.165, 1.54) is 16.2 Å². The van der Waals surface area contributed by atoms with Gasteiger partial charge in [0.1, 0.15) is 0 Å². The van der Waals surface area contributed by atoms with Crippen molar-refractivity contribution in [2.24, 2.45) is 0 Å². The number of nitriles is 1. The highest BCUT2D eigenvalue weighted by molar-refractivity contribution is 7.12. The van der Waals surface area contributed by atoms with Crippen LogP contribution in [0.15, 0.2) is 17.5 Å². The van der Waals surface area contributed by atoms with Gasteiger partial charge in [0.2, 0.25) is 0 Å². The lowest BCUT2D eigenvalue weighted by molar-refractivity contribution is -0.143. The number of nitrogens with zero attached hydrogens (tertiary/aromatic N) is 2. The zero-order valence-electron chi connectivity index (χ0n) is 10.8. The summed E-state index contributed by atoms with van der Waals surface area (Å²) in [6.07, 6.45) is 0.399. The maximum absolute atomic E-state index is 12.2. The third-order valence-corrected chi connectivity index (χ3v) is 3.26. The summed E-state index contributed by atoms with van der Waals surface area (Å²) in [5.41, 5.74) is 0. The molecular formula is C13H16N2O3S. The van der Waals surface area contributed by atoms with Crippen LogP contribution in [-0.2, 0) is 9.53 Å². The molecule has 0 fully saturated rings. The van der Waals surface area contributed by atoms with Gasteiger partial charge in [-0.15, -0.1) is 11.3 Å². The smallest absolute Gasteiger partial charge is 0.307 e. The molecule has 0 N–H and O–H groups in total. The SMILES string of the molecule is CCOC(=O)CCN(CCC#N)C(=O)c1cccs1. The molecule has 1 aromatic rings. The monoisotopic (exact) mass is 280 g/mol. The predicted octanol–water partition coefficient (Wildman–Crippen LogP) is 2.06. The lowest BCUT2D eigenvalue weighted by atomic mass is 10.3. The Morgan fingerprint density at radius 1 is 1.47 bits per heavy atom. The molecule has 0 atom stereocenters. The first-order valence-corrected chi connectivity index (χ1v) is 6.92. The third-order valence-electron chi connectivity index (χ3n) is 2.40. The van der Waals surface area contributed by atoms with E-state index in [0.717, 1.165) is 0 Å². The summed E-state index contributed by atoms with van der Waals surface area (Å²) < 4.78 is 4.83. The molecule has 19 heavy (non-hydrogen) atoms. The molecule has 0 saturated heterocycles. The van der Waals surface area contributed by atoms with E-state index in [2.05, 4.69) is 0 Å². The van der Waals surface area contributed by atoms with Crippen LogP contribution in [0.2, 0.25) is 0 Å². The molecule has 1 rings (SSSR count). The Kier molecular flexibility index (Phi) is 6.61. The molecule has 102 valence electrons. The minimum atomic E-state index is -0.330. The number of ether oxygens (including phenoxy) is 1. The number of hydrogen-bond acceptors (Lipinski definition) is 5. The molecule has 0 aliphatic heterocycles. The van der Waals surface area contributed by atoms with E-state index in [0.29, 0.717) is 18.0 Å². The van der Waals surface area contributed by atoms with Gasteiger partial charge < -0.3 is 9.64 Å². The van der Waals surface area contributed by atoms with Crippen LogP contribution in [0, 0.1) is 11.3 Å². The van der Waals surface area contributed by atoms with Gasteiger partial charge in [0.05, 0.1) is 30.4 Å². The van der Waals surface area contributed by atoms with Crippen molar-refractivity contribution >= 4 is 23.2 Å². The van der Waals surface area contributed by atoms with Crippen LogP contribution in [0.25, 0.3) is 0 Å². The van der Waals surface area contributed by atoms with Crippen molar-refractivity contribution in [3.05, 3.63) is 22.4 Å². The average molecular weight is 280 g/mol. The molecule has 1 aromatic heterocycles. The van der Waals surface area contributed by atoms with E-state index < -0.39 is 0 Å². The standard InChI is InChI=1S/C13H16N2O3S/c1-2-18-12(16)6-9-15(8-4-7-14)13(17)11-5-3-10-19-11/h3,5,10H,2,4,6,8-9H2,1H3. The van der Waals surface area contributed by atoms with Gasteiger partial charge in [0, 0.05) is 13.1 Å². The molecule has 0 radical (unpaired) electrons. The summed E-state index contributed by atoms with van der Waals surface area (Å²) in [6, 6.07) is 5.53. The number of hydrogen-bond donors (Lipinski definition) is 0. The van der Waals surface area contributed by atoms with Crippen LogP contribution in [-0.4, -0.2) is 36.5 Å². The normalized spacial score (nSPS) is 9.68. The van der Waals surface area contributed by atoms with Gasteiger partial charge in [-0.1, -0.05) is 6.07 Å². The Balaban J connectivity index is 2.59. The fourth-order valence-corrected chi connectivity index (χ4v) is 2.21. The Morgan fingerprint density at radius 3 is 2.84 bits per heavy atom. The summed E-state index contributed by atoms with van der Waals surface area (Å²) in [7, 11) is 0. The van der Waals surface area contributed by atoms with E-state index in [1.54, 1.807) is 19.1 Å². The second-order valence-electron chi connectivity index (χ2n) is 3.73. The maximum Gasteiger partial charge on any atom is 0.307 e. The molecule has 1 amide bonds. The van der Waals surface area contributed by atoms with Gasteiger partial charge >= 0.3 is 5.97 Å². The largest absolute Gasteiger partial charge is 0.466 e. The van der Waals surface area contributed by atoms with E-state index in [4.69, 9.17) is 10.00 Å². The molecule has 0 aliphatic rings. The number of thiophene rings is 1. The lowest BCUT2D eigenvalue weighted by Crippen LogP contribution is -2.33. The van der Waals surface area contributed by atoms with Gasteiger partial charge in [-0.3, -0.25) is 9.59 Å². The Labute approximate surface area is 116 Å². The Hall–Kier alpha value is -1.87. The number of rotatable bonds is 7. The number of carbonyl (C=O) groups is 2. The average Bonchev–Trinajstić information content (AvgIpc) is 2.92.